The number of nitrogens with zero attached hydrogens (tertiary/aromatic N) is 2. The van der Waals surface area contributed by atoms with E-state index in [1.165, 1.54) is 24.3 Å². The van der Waals surface area contributed by atoms with Crippen LogP contribution in [0.3, 0.4) is 0 Å². The predicted molar refractivity (Wildman–Crippen MR) is 93.2 cm³/mol. The number of Topliss-reactive ketones (excluding diaryl/α,β-unsaturated/α-hetero) is 1. The van der Waals surface area contributed by atoms with Gasteiger partial charge >= 0.3 is 0 Å². The van der Waals surface area contributed by atoms with Gasteiger partial charge in [0.25, 0.3) is 0 Å². The van der Waals surface area contributed by atoms with Crippen molar-refractivity contribution < 1.29 is 13.9 Å². The average molecular weight is 336 g/mol. The minimum Gasteiger partial charge on any atom is -0.469 e. The number of carbonyl (C=O) groups is 1. The van der Waals surface area contributed by atoms with Gasteiger partial charge in [0, 0.05) is 22.9 Å². The van der Waals surface area contributed by atoms with E-state index in [-0.39, 0.29) is 18.2 Å². The largest absolute Gasteiger partial charge is 0.469 e. The number of ether oxygens (including phenoxy) is 1. The highest BCUT2D eigenvalue weighted by atomic mass is 19.1. The first-order valence-corrected chi connectivity index (χ1v) is 7.85. The van der Waals surface area contributed by atoms with E-state index in [4.69, 9.17) is 4.74 Å². The maximum absolute atomic E-state index is 12.9. The van der Waals surface area contributed by atoms with Crippen molar-refractivity contribution >= 4 is 5.78 Å². The Balaban J connectivity index is 1.75. The van der Waals surface area contributed by atoms with Crippen molar-refractivity contribution in [2.24, 2.45) is 0 Å². The molecule has 0 bridgehead atoms. The van der Waals surface area contributed by atoms with Crippen LogP contribution >= 0.6 is 0 Å². The van der Waals surface area contributed by atoms with Crippen LogP contribution in [0, 0.1) is 19.7 Å². The zero-order valence-electron chi connectivity index (χ0n) is 14.0. The third-order valence-corrected chi connectivity index (χ3v) is 3.66. The lowest BCUT2D eigenvalue weighted by atomic mass is 10.1. The first kappa shape index (κ1) is 16.8. The summed E-state index contributed by atoms with van der Waals surface area (Å²) >= 11 is 0. The second-order valence-electron chi connectivity index (χ2n) is 5.76. The number of rotatable bonds is 5. The third-order valence-electron chi connectivity index (χ3n) is 3.66. The van der Waals surface area contributed by atoms with Crippen LogP contribution in [-0.4, -0.2) is 22.4 Å². The van der Waals surface area contributed by atoms with Gasteiger partial charge in [0.1, 0.15) is 5.82 Å². The summed E-state index contributed by atoms with van der Waals surface area (Å²) in [5, 5.41) is 0. The van der Waals surface area contributed by atoms with Crippen molar-refractivity contribution in [3.05, 3.63) is 77.2 Å². The van der Waals surface area contributed by atoms with Crippen molar-refractivity contribution in [2.45, 2.75) is 13.8 Å². The summed E-state index contributed by atoms with van der Waals surface area (Å²) in [4.78, 5) is 20.9. The standard InChI is InChI=1S/C20H17FN2O2/c1-13-3-5-16(6-4-13)20-22-14(2)11-19(23-20)25-12-18(24)15-7-9-17(21)10-8-15/h3-11H,12H2,1-2H3. The first-order chi connectivity index (χ1) is 12.0. The van der Waals surface area contributed by atoms with Gasteiger partial charge in [-0.3, -0.25) is 4.79 Å². The smallest absolute Gasteiger partial charge is 0.217 e. The fourth-order valence-electron chi connectivity index (χ4n) is 2.30. The molecule has 3 rings (SSSR count). The molecule has 126 valence electrons. The molecule has 0 aliphatic heterocycles. The molecule has 1 aromatic heterocycles. The number of hydrogen-bond donors (Lipinski definition) is 0. The van der Waals surface area contributed by atoms with Gasteiger partial charge in [-0.25, -0.2) is 9.37 Å². The third kappa shape index (κ3) is 4.26. The fourth-order valence-corrected chi connectivity index (χ4v) is 2.30. The Bertz CT molecular complexity index is 891. The maximum atomic E-state index is 12.9. The Morgan fingerprint density at radius 2 is 1.68 bits per heavy atom. The molecule has 25 heavy (non-hydrogen) atoms. The normalized spacial score (nSPS) is 10.5. The number of hydrogen-bond acceptors (Lipinski definition) is 4. The molecule has 3 aromatic rings. The van der Waals surface area contributed by atoms with Crippen LogP contribution in [0.1, 0.15) is 21.6 Å². The van der Waals surface area contributed by atoms with E-state index in [0.717, 1.165) is 16.8 Å². The van der Waals surface area contributed by atoms with Crippen LogP contribution in [0.5, 0.6) is 5.88 Å². The lowest BCUT2D eigenvalue weighted by molar-refractivity contribution is 0.0918. The van der Waals surface area contributed by atoms with Crippen LogP contribution in [0.4, 0.5) is 4.39 Å². The summed E-state index contributed by atoms with van der Waals surface area (Å²) in [5.41, 5.74) is 3.17. The Hall–Kier alpha value is -3.08. The zero-order valence-corrected chi connectivity index (χ0v) is 14.0. The van der Waals surface area contributed by atoms with Gasteiger partial charge in [-0.15, -0.1) is 0 Å². The van der Waals surface area contributed by atoms with Crippen molar-refractivity contribution in [2.75, 3.05) is 6.61 Å². The molecule has 0 amide bonds. The number of carbonyl (C=O) groups excluding carboxylic acids is 1. The Kier molecular flexibility index (Phi) is 4.84. The second kappa shape index (κ2) is 7.21. The van der Waals surface area contributed by atoms with Gasteiger partial charge in [-0.2, -0.15) is 4.98 Å². The van der Waals surface area contributed by atoms with E-state index in [2.05, 4.69) is 9.97 Å². The molecular formula is C20H17FN2O2. The quantitative estimate of drug-likeness (QED) is 0.657. The molecule has 0 fully saturated rings. The molecule has 0 aliphatic rings. The molecule has 0 saturated carbocycles. The van der Waals surface area contributed by atoms with Gasteiger partial charge in [0.15, 0.2) is 18.2 Å². The Morgan fingerprint density at radius 1 is 1.00 bits per heavy atom. The molecule has 1 heterocycles. The SMILES string of the molecule is Cc1ccc(-c2nc(C)cc(OCC(=O)c3ccc(F)cc3)n2)cc1. The number of benzene rings is 2. The predicted octanol–water partition coefficient (Wildman–Crippen LogP) is 4.16. The number of aryl methyl sites for hydroxylation is 2. The molecule has 0 saturated heterocycles. The van der Waals surface area contributed by atoms with Gasteiger partial charge in [0.05, 0.1) is 0 Å². The molecule has 0 radical (unpaired) electrons. The van der Waals surface area contributed by atoms with E-state index in [9.17, 15) is 9.18 Å². The van der Waals surface area contributed by atoms with E-state index >= 15 is 0 Å². The lowest BCUT2D eigenvalue weighted by Gasteiger charge is -2.08. The molecule has 0 unspecified atom stereocenters. The first-order valence-electron chi connectivity index (χ1n) is 7.85. The lowest BCUT2D eigenvalue weighted by Crippen LogP contribution is -2.12. The molecule has 2 aromatic carbocycles. The monoisotopic (exact) mass is 336 g/mol. The van der Waals surface area contributed by atoms with Crippen LogP contribution in [0.2, 0.25) is 0 Å². The van der Waals surface area contributed by atoms with Gasteiger partial charge < -0.3 is 4.74 Å². The van der Waals surface area contributed by atoms with Crippen molar-refractivity contribution in [1.82, 2.24) is 9.97 Å². The van der Waals surface area contributed by atoms with Gasteiger partial charge in [-0.05, 0) is 38.1 Å². The Morgan fingerprint density at radius 3 is 2.36 bits per heavy atom. The average Bonchev–Trinajstić information content (AvgIpc) is 2.60. The molecular weight excluding hydrogens is 319 g/mol. The van der Waals surface area contributed by atoms with E-state index in [0.29, 0.717) is 17.3 Å². The van der Waals surface area contributed by atoms with Crippen LogP contribution in [0.25, 0.3) is 11.4 Å². The number of aromatic nitrogens is 2. The van der Waals surface area contributed by atoms with Crippen molar-refractivity contribution in [1.29, 1.82) is 0 Å². The number of halogens is 1. The van der Waals surface area contributed by atoms with Crippen molar-refractivity contribution in [3.63, 3.8) is 0 Å². The fraction of sp³-hybridized carbons (Fsp3) is 0.150. The highest BCUT2D eigenvalue weighted by Crippen LogP contribution is 2.19. The summed E-state index contributed by atoms with van der Waals surface area (Å²) in [7, 11) is 0. The molecule has 0 aliphatic carbocycles. The van der Waals surface area contributed by atoms with E-state index in [1.54, 1.807) is 6.07 Å². The topological polar surface area (TPSA) is 52.1 Å². The van der Waals surface area contributed by atoms with Gasteiger partial charge in [-0.1, -0.05) is 29.8 Å². The van der Waals surface area contributed by atoms with Crippen LogP contribution < -0.4 is 4.74 Å². The van der Waals surface area contributed by atoms with Crippen LogP contribution in [-0.2, 0) is 0 Å². The summed E-state index contributed by atoms with van der Waals surface area (Å²) in [6, 6.07) is 14.9. The van der Waals surface area contributed by atoms with E-state index < -0.39 is 0 Å². The highest BCUT2D eigenvalue weighted by molar-refractivity contribution is 5.97. The Labute approximate surface area is 145 Å². The zero-order chi connectivity index (χ0) is 17.8. The summed E-state index contributed by atoms with van der Waals surface area (Å²) < 4.78 is 18.4. The molecule has 0 atom stereocenters. The van der Waals surface area contributed by atoms with Gasteiger partial charge in [0.2, 0.25) is 5.88 Å². The number of ketones is 1. The van der Waals surface area contributed by atoms with Crippen LogP contribution in [0.15, 0.2) is 54.6 Å². The molecule has 4 nitrogen and oxygen atoms in total. The van der Waals surface area contributed by atoms with Crippen molar-refractivity contribution in [3.8, 4) is 17.3 Å². The minimum atomic E-state index is -0.383. The molecule has 0 N–H and O–H groups in total. The summed E-state index contributed by atoms with van der Waals surface area (Å²) in [6.45, 7) is 3.68. The maximum Gasteiger partial charge on any atom is 0.217 e. The molecule has 5 heteroatoms. The summed E-state index contributed by atoms with van der Waals surface area (Å²) in [5.74, 6) is 0.252. The summed E-state index contributed by atoms with van der Waals surface area (Å²) in [6.07, 6.45) is 0. The van der Waals surface area contributed by atoms with E-state index in [1.807, 2.05) is 38.1 Å². The molecule has 0 spiro atoms. The second-order valence-corrected chi connectivity index (χ2v) is 5.76. The minimum absolute atomic E-state index is 0.171. The highest BCUT2D eigenvalue weighted by Gasteiger charge is 2.10.